The lowest BCUT2D eigenvalue weighted by molar-refractivity contribution is 0.101. The lowest BCUT2D eigenvalue weighted by Crippen LogP contribution is -2.15. The summed E-state index contributed by atoms with van der Waals surface area (Å²) in [6, 6.07) is 12.6. The summed E-state index contributed by atoms with van der Waals surface area (Å²) in [6.45, 7) is 1.38. The van der Waals surface area contributed by atoms with E-state index in [0.29, 0.717) is 21.5 Å². The summed E-state index contributed by atoms with van der Waals surface area (Å²) in [5.74, 6) is -0.226. The molecule has 0 radical (unpaired) electrons. The van der Waals surface area contributed by atoms with Gasteiger partial charge in [0.15, 0.2) is 5.78 Å². The summed E-state index contributed by atoms with van der Waals surface area (Å²) in [7, 11) is -3.91. The Labute approximate surface area is 144 Å². The molecule has 0 aliphatic rings. The Bertz CT molecular complexity index is 1050. The first-order chi connectivity index (χ1) is 11.4. The molecule has 1 aromatic heterocycles. The maximum Gasteiger partial charge on any atom is 0.262 e. The van der Waals surface area contributed by atoms with Crippen molar-refractivity contribution in [1.82, 2.24) is 4.98 Å². The van der Waals surface area contributed by atoms with Crippen LogP contribution in [0.15, 0.2) is 59.6 Å². The van der Waals surface area contributed by atoms with Gasteiger partial charge in [-0.15, -0.1) is 0 Å². The van der Waals surface area contributed by atoms with Crippen LogP contribution in [0, 0.1) is 0 Å². The number of halogens is 1. The SMILES string of the molecule is CC(=O)c1ccccc1NS(=O)(=O)c1ccc(Cl)c2ncccc12. The van der Waals surface area contributed by atoms with E-state index in [1.54, 1.807) is 42.6 Å². The smallest absolute Gasteiger partial charge is 0.262 e. The number of rotatable bonds is 4. The van der Waals surface area contributed by atoms with Crippen LogP contribution in [0.5, 0.6) is 0 Å². The van der Waals surface area contributed by atoms with Crippen molar-refractivity contribution < 1.29 is 13.2 Å². The van der Waals surface area contributed by atoms with Crippen molar-refractivity contribution in [3.05, 3.63) is 65.3 Å². The molecule has 0 fully saturated rings. The fourth-order valence-corrected chi connectivity index (χ4v) is 3.92. The molecule has 1 heterocycles. The van der Waals surface area contributed by atoms with Crippen LogP contribution >= 0.6 is 11.6 Å². The molecule has 122 valence electrons. The number of aromatic nitrogens is 1. The van der Waals surface area contributed by atoms with Crippen LogP contribution in [0.4, 0.5) is 5.69 Å². The molecule has 24 heavy (non-hydrogen) atoms. The molecule has 5 nitrogen and oxygen atoms in total. The molecule has 1 N–H and O–H groups in total. The Kier molecular flexibility index (Phi) is 4.26. The highest BCUT2D eigenvalue weighted by Gasteiger charge is 2.20. The highest BCUT2D eigenvalue weighted by atomic mass is 35.5. The van der Waals surface area contributed by atoms with Gasteiger partial charge in [-0.1, -0.05) is 23.7 Å². The third kappa shape index (κ3) is 2.98. The van der Waals surface area contributed by atoms with Crippen molar-refractivity contribution in [2.75, 3.05) is 4.72 Å². The van der Waals surface area contributed by atoms with E-state index >= 15 is 0 Å². The minimum Gasteiger partial charge on any atom is -0.294 e. The number of ketones is 1. The number of para-hydroxylation sites is 1. The van der Waals surface area contributed by atoms with Crippen molar-refractivity contribution >= 4 is 44.0 Å². The molecule has 0 aliphatic heterocycles. The number of Topliss-reactive ketones (excluding diaryl/α,β-unsaturated/α-hetero) is 1. The Morgan fingerprint density at radius 3 is 2.58 bits per heavy atom. The molecule has 0 unspecified atom stereocenters. The van der Waals surface area contributed by atoms with Crippen molar-refractivity contribution in [3.63, 3.8) is 0 Å². The molecular formula is C17H13ClN2O3S. The van der Waals surface area contributed by atoms with Crippen LogP contribution < -0.4 is 4.72 Å². The van der Waals surface area contributed by atoms with E-state index in [9.17, 15) is 13.2 Å². The standard InChI is InChI=1S/C17H13ClN2O3S/c1-11(21)12-5-2-3-7-15(12)20-24(22,23)16-9-8-14(18)17-13(16)6-4-10-19-17/h2-10,20H,1H3. The number of nitrogens with zero attached hydrogens (tertiary/aromatic N) is 1. The quantitative estimate of drug-likeness (QED) is 0.716. The monoisotopic (exact) mass is 360 g/mol. The number of pyridine rings is 1. The van der Waals surface area contributed by atoms with E-state index in [4.69, 9.17) is 11.6 Å². The van der Waals surface area contributed by atoms with Gasteiger partial charge in [-0.2, -0.15) is 0 Å². The Hall–Kier alpha value is -2.44. The zero-order chi connectivity index (χ0) is 17.3. The summed E-state index contributed by atoms with van der Waals surface area (Å²) in [6.07, 6.45) is 1.54. The number of anilines is 1. The zero-order valence-electron chi connectivity index (χ0n) is 12.7. The average molecular weight is 361 g/mol. The summed E-state index contributed by atoms with van der Waals surface area (Å²) in [5, 5.41) is 0.784. The molecule has 7 heteroatoms. The third-order valence-corrected chi connectivity index (χ3v) is 5.25. The average Bonchev–Trinajstić information content (AvgIpc) is 2.55. The van der Waals surface area contributed by atoms with E-state index in [-0.39, 0.29) is 16.4 Å². The molecule has 0 saturated carbocycles. The van der Waals surface area contributed by atoms with Crippen LogP contribution in [0.2, 0.25) is 5.02 Å². The van der Waals surface area contributed by atoms with E-state index in [0.717, 1.165) is 0 Å². The van der Waals surface area contributed by atoms with E-state index < -0.39 is 10.0 Å². The molecule has 0 spiro atoms. The molecule has 3 aromatic rings. The van der Waals surface area contributed by atoms with Gasteiger partial charge >= 0.3 is 0 Å². The van der Waals surface area contributed by atoms with E-state index in [1.165, 1.54) is 19.1 Å². The van der Waals surface area contributed by atoms with Crippen LogP contribution in [0.25, 0.3) is 10.9 Å². The Balaban J connectivity index is 2.14. The number of sulfonamides is 1. The van der Waals surface area contributed by atoms with Crippen molar-refractivity contribution in [2.45, 2.75) is 11.8 Å². The molecule has 0 aliphatic carbocycles. The van der Waals surface area contributed by atoms with Gasteiger partial charge in [0.25, 0.3) is 10.0 Å². The molecule has 0 saturated heterocycles. The van der Waals surface area contributed by atoms with Gasteiger partial charge in [-0.05, 0) is 43.3 Å². The number of carbonyl (C=O) groups excluding carboxylic acids is 1. The number of hydrogen-bond donors (Lipinski definition) is 1. The van der Waals surface area contributed by atoms with Crippen molar-refractivity contribution in [1.29, 1.82) is 0 Å². The van der Waals surface area contributed by atoms with E-state index in [1.807, 2.05) is 0 Å². The lowest BCUT2D eigenvalue weighted by Gasteiger charge is -2.13. The predicted molar refractivity (Wildman–Crippen MR) is 94.0 cm³/mol. The molecule has 0 bridgehead atoms. The second kappa shape index (κ2) is 6.22. The van der Waals surface area contributed by atoms with Crippen molar-refractivity contribution in [3.8, 4) is 0 Å². The second-order valence-corrected chi connectivity index (χ2v) is 7.21. The molecule has 0 atom stereocenters. The zero-order valence-corrected chi connectivity index (χ0v) is 14.2. The van der Waals surface area contributed by atoms with Crippen LogP contribution in [0.1, 0.15) is 17.3 Å². The normalized spacial score (nSPS) is 11.4. The number of carbonyl (C=O) groups is 1. The van der Waals surface area contributed by atoms with Crippen LogP contribution in [-0.4, -0.2) is 19.2 Å². The van der Waals surface area contributed by atoms with Gasteiger partial charge in [-0.3, -0.25) is 14.5 Å². The summed E-state index contributed by atoms with van der Waals surface area (Å²) in [5.41, 5.74) is 0.941. The Morgan fingerprint density at radius 1 is 1.08 bits per heavy atom. The fourth-order valence-electron chi connectivity index (χ4n) is 2.43. The largest absolute Gasteiger partial charge is 0.294 e. The first-order valence-corrected chi connectivity index (χ1v) is 8.92. The maximum atomic E-state index is 12.8. The number of nitrogens with one attached hydrogen (secondary N) is 1. The predicted octanol–water partition coefficient (Wildman–Crippen LogP) is 3.89. The van der Waals surface area contributed by atoms with Gasteiger partial charge < -0.3 is 0 Å². The van der Waals surface area contributed by atoms with E-state index in [2.05, 4.69) is 9.71 Å². The number of hydrogen-bond acceptors (Lipinski definition) is 4. The number of benzene rings is 2. The topological polar surface area (TPSA) is 76.1 Å². The van der Waals surface area contributed by atoms with Crippen LogP contribution in [-0.2, 0) is 10.0 Å². The van der Waals surface area contributed by atoms with Crippen molar-refractivity contribution in [2.24, 2.45) is 0 Å². The highest BCUT2D eigenvalue weighted by molar-refractivity contribution is 7.93. The highest BCUT2D eigenvalue weighted by Crippen LogP contribution is 2.29. The van der Waals surface area contributed by atoms with Gasteiger partial charge in [-0.25, -0.2) is 8.42 Å². The second-order valence-electron chi connectivity index (χ2n) is 5.15. The van der Waals surface area contributed by atoms with Gasteiger partial charge in [0.2, 0.25) is 0 Å². The first-order valence-electron chi connectivity index (χ1n) is 7.06. The van der Waals surface area contributed by atoms with Gasteiger partial charge in [0.05, 0.1) is 21.1 Å². The fraction of sp³-hybridized carbons (Fsp3) is 0.0588. The first kappa shape index (κ1) is 16.4. The summed E-state index contributed by atoms with van der Waals surface area (Å²) in [4.78, 5) is 15.9. The van der Waals surface area contributed by atoms with Gasteiger partial charge in [0.1, 0.15) is 0 Å². The van der Waals surface area contributed by atoms with Crippen LogP contribution in [0.3, 0.4) is 0 Å². The summed E-state index contributed by atoms with van der Waals surface area (Å²) < 4.78 is 28.1. The van der Waals surface area contributed by atoms with Gasteiger partial charge in [0, 0.05) is 17.1 Å². The minimum atomic E-state index is -3.91. The third-order valence-electron chi connectivity index (χ3n) is 3.52. The molecule has 3 rings (SSSR count). The molecular weight excluding hydrogens is 348 g/mol. The molecule has 2 aromatic carbocycles. The molecule has 0 amide bonds. The Morgan fingerprint density at radius 2 is 1.83 bits per heavy atom. The maximum absolute atomic E-state index is 12.8. The summed E-state index contributed by atoms with van der Waals surface area (Å²) >= 11 is 6.08. The minimum absolute atomic E-state index is 0.0494. The number of fused-ring (bicyclic) bond motifs is 1. The lowest BCUT2D eigenvalue weighted by atomic mass is 10.1.